The maximum Gasteiger partial charge on any atom is 0.258 e. The van der Waals surface area contributed by atoms with Crippen LogP contribution >= 0.6 is 0 Å². The Morgan fingerprint density at radius 1 is 1.13 bits per heavy atom. The highest BCUT2D eigenvalue weighted by molar-refractivity contribution is 5.97. The van der Waals surface area contributed by atoms with E-state index in [9.17, 15) is 4.79 Å². The van der Waals surface area contributed by atoms with E-state index in [1.54, 1.807) is 61.6 Å². The molecule has 0 aliphatic heterocycles. The molecule has 2 aromatic carbocycles. The molecule has 0 unspecified atom stereocenters. The van der Waals surface area contributed by atoms with Gasteiger partial charge in [-0.05, 0) is 37.3 Å². The number of nitrogens with zero attached hydrogens (tertiary/aromatic N) is 3. The molecule has 0 bridgehead atoms. The van der Waals surface area contributed by atoms with Gasteiger partial charge in [-0.1, -0.05) is 23.4 Å². The molecule has 8 heteroatoms. The predicted octanol–water partition coefficient (Wildman–Crippen LogP) is 3.98. The van der Waals surface area contributed by atoms with Crippen molar-refractivity contribution in [2.24, 2.45) is 0 Å². The average Bonchev–Trinajstić information content (AvgIpc) is 3.27. The molecule has 3 aromatic rings. The van der Waals surface area contributed by atoms with E-state index in [-0.39, 0.29) is 12.5 Å². The van der Waals surface area contributed by atoms with Crippen LogP contribution < -0.4 is 14.2 Å². The zero-order valence-electron chi connectivity index (χ0n) is 17.8. The summed E-state index contributed by atoms with van der Waals surface area (Å²) in [5, 5.41) is 4.04. The Hall–Kier alpha value is -3.81. The first-order chi connectivity index (χ1) is 15.1. The second-order valence-corrected chi connectivity index (χ2v) is 6.49. The number of hydrogen-bond acceptors (Lipinski definition) is 7. The van der Waals surface area contributed by atoms with E-state index in [1.165, 1.54) is 0 Å². The van der Waals surface area contributed by atoms with E-state index in [0.29, 0.717) is 53.2 Å². The summed E-state index contributed by atoms with van der Waals surface area (Å²) >= 11 is 0. The maximum atomic E-state index is 13.1. The molecule has 8 nitrogen and oxygen atoms in total. The van der Waals surface area contributed by atoms with Gasteiger partial charge in [0.25, 0.3) is 5.91 Å². The van der Waals surface area contributed by atoms with Crippen LogP contribution in [0.3, 0.4) is 0 Å². The lowest BCUT2D eigenvalue weighted by molar-refractivity contribution is 0.0741. The molecule has 0 N–H and O–H groups in total. The molecule has 31 heavy (non-hydrogen) atoms. The summed E-state index contributed by atoms with van der Waals surface area (Å²) in [6.07, 6.45) is 1.65. The molecule has 0 aliphatic rings. The quantitative estimate of drug-likeness (QED) is 0.456. The van der Waals surface area contributed by atoms with Crippen molar-refractivity contribution in [3.05, 3.63) is 66.6 Å². The van der Waals surface area contributed by atoms with Gasteiger partial charge in [-0.15, -0.1) is 6.58 Å². The third-order valence-corrected chi connectivity index (χ3v) is 4.49. The minimum absolute atomic E-state index is 0.131. The van der Waals surface area contributed by atoms with E-state index in [4.69, 9.17) is 18.7 Å². The highest BCUT2D eigenvalue weighted by Crippen LogP contribution is 2.31. The Bertz CT molecular complexity index is 1050. The molecule has 0 atom stereocenters. The maximum absolute atomic E-state index is 13.1. The van der Waals surface area contributed by atoms with Gasteiger partial charge in [0.05, 0.1) is 26.4 Å². The number of aromatic nitrogens is 2. The molecule has 0 saturated carbocycles. The minimum atomic E-state index is -0.213. The van der Waals surface area contributed by atoms with Crippen LogP contribution in [0.25, 0.3) is 11.4 Å². The Balaban J connectivity index is 1.83. The lowest BCUT2D eigenvalue weighted by Gasteiger charge is -2.20. The topological polar surface area (TPSA) is 86.9 Å². The van der Waals surface area contributed by atoms with Crippen molar-refractivity contribution in [3.8, 4) is 28.6 Å². The summed E-state index contributed by atoms with van der Waals surface area (Å²) in [5.74, 6) is 2.16. The van der Waals surface area contributed by atoms with Crippen LogP contribution in [0.1, 0.15) is 23.2 Å². The normalized spacial score (nSPS) is 10.4. The summed E-state index contributed by atoms with van der Waals surface area (Å²) in [7, 11) is 3.13. The van der Waals surface area contributed by atoms with E-state index >= 15 is 0 Å². The number of ether oxygens (including phenoxy) is 3. The van der Waals surface area contributed by atoms with E-state index in [1.807, 2.05) is 13.0 Å². The Morgan fingerprint density at radius 2 is 1.90 bits per heavy atom. The van der Waals surface area contributed by atoms with Crippen molar-refractivity contribution in [3.63, 3.8) is 0 Å². The van der Waals surface area contributed by atoms with Crippen molar-refractivity contribution in [1.29, 1.82) is 0 Å². The molecule has 1 amide bonds. The number of benzene rings is 2. The van der Waals surface area contributed by atoms with Gasteiger partial charge in [-0.3, -0.25) is 4.79 Å². The predicted molar refractivity (Wildman–Crippen MR) is 115 cm³/mol. The molecular weight excluding hydrogens is 398 g/mol. The summed E-state index contributed by atoms with van der Waals surface area (Å²) < 4.78 is 21.6. The van der Waals surface area contributed by atoms with Gasteiger partial charge < -0.3 is 23.6 Å². The monoisotopic (exact) mass is 423 g/mol. The molecule has 162 valence electrons. The fraction of sp³-hybridized carbons (Fsp3) is 0.261. The van der Waals surface area contributed by atoms with E-state index in [2.05, 4.69) is 16.7 Å². The first-order valence-corrected chi connectivity index (χ1v) is 9.78. The Labute approximate surface area is 181 Å². The number of carbonyl (C=O) groups excluding carboxylic acids is 1. The fourth-order valence-corrected chi connectivity index (χ4v) is 3.05. The first-order valence-electron chi connectivity index (χ1n) is 9.78. The molecule has 0 saturated heterocycles. The third-order valence-electron chi connectivity index (χ3n) is 4.49. The molecule has 0 aliphatic carbocycles. The van der Waals surface area contributed by atoms with Gasteiger partial charge in [0.2, 0.25) is 11.7 Å². The van der Waals surface area contributed by atoms with Crippen LogP contribution in [-0.4, -0.2) is 48.3 Å². The molecule has 3 rings (SSSR count). The minimum Gasteiger partial charge on any atom is -0.493 e. The number of rotatable bonds is 10. The Kier molecular flexibility index (Phi) is 7.26. The number of hydrogen-bond donors (Lipinski definition) is 0. The summed E-state index contributed by atoms with van der Waals surface area (Å²) in [5.41, 5.74) is 1.17. The average molecular weight is 423 g/mol. The molecule has 0 spiro atoms. The van der Waals surface area contributed by atoms with Gasteiger partial charge in [-0.2, -0.15) is 4.98 Å². The molecule has 1 heterocycles. The molecular formula is C23H25N3O5. The van der Waals surface area contributed by atoms with Crippen LogP contribution in [0.4, 0.5) is 0 Å². The molecule has 0 fully saturated rings. The SMILES string of the molecule is C=CCN(Cc1nc(-c2ccc(OC)c(OC)c2)no1)C(=O)c1ccccc1OCC. The lowest BCUT2D eigenvalue weighted by atomic mass is 10.1. The van der Waals surface area contributed by atoms with Gasteiger partial charge in [-0.25, -0.2) is 0 Å². The lowest BCUT2D eigenvalue weighted by Crippen LogP contribution is -2.31. The highest BCUT2D eigenvalue weighted by atomic mass is 16.5. The van der Waals surface area contributed by atoms with Crippen LogP contribution in [0, 0.1) is 0 Å². The van der Waals surface area contributed by atoms with Crippen molar-refractivity contribution in [2.45, 2.75) is 13.5 Å². The zero-order valence-corrected chi connectivity index (χ0v) is 17.8. The highest BCUT2D eigenvalue weighted by Gasteiger charge is 2.22. The van der Waals surface area contributed by atoms with Gasteiger partial charge in [0, 0.05) is 12.1 Å². The van der Waals surface area contributed by atoms with E-state index in [0.717, 1.165) is 0 Å². The summed E-state index contributed by atoms with van der Waals surface area (Å²) in [4.78, 5) is 19.1. The van der Waals surface area contributed by atoms with Crippen LogP contribution in [0.5, 0.6) is 17.2 Å². The molecule has 0 radical (unpaired) electrons. The summed E-state index contributed by atoms with van der Waals surface area (Å²) in [6.45, 7) is 6.53. The second kappa shape index (κ2) is 10.3. The number of amides is 1. The van der Waals surface area contributed by atoms with Crippen molar-refractivity contribution < 1.29 is 23.5 Å². The number of methoxy groups -OCH3 is 2. The van der Waals surface area contributed by atoms with Crippen LogP contribution in [0.15, 0.2) is 59.6 Å². The number of carbonyl (C=O) groups is 1. The van der Waals surface area contributed by atoms with Crippen molar-refractivity contribution in [1.82, 2.24) is 15.0 Å². The summed E-state index contributed by atoms with van der Waals surface area (Å²) in [6, 6.07) is 12.5. The van der Waals surface area contributed by atoms with Gasteiger partial charge in [0.1, 0.15) is 12.3 Å². The second-order valence-electron chi connectivity index (χ2n) is 6.49. The van der Waals surface area contributed by atoms with E-state index < -0.39 is 0 Å². The molecule has 1 aromatic heterocycles. The van der Waals surface area contributed by atoms with Crippen molar-refractivity contribution in [2.75, 3.05) is 27.4 Å². The van der Waals surface area contributed by atoms with Gasteiger partial charge >= 0.3 is 0 Å². The van der Waals surface area contributed by atoms with Crippen LogP contribution in [0.2, 0.25) is 0 Å². The third kappa shape index (κ3) is 5.03. The van der Waals surface area contributed by atoms with Crippen molar-refractivity contribution >= 4 is 5.91 Å². The fourth-order valence-electron chi connectivity index (χ4n) is 3.05. The standard InChI is InChI=1S/C23H25N3O5/c1-5-13-26(23(27)17-9-7-8-10-18(17)30-6-2)15-21-24-22(25-31-21)16-11-12-19(28-3)20(14-16)29-4/h5,7-12,14H,1,6,13,15H2,2-4H3. The zero-order chi connectivity index (χ0) is 22.2. The smallest absolute Gasteiger partial charge is 0.258 e. The van der Waals surface area contributed by atoms with Gasteiger partial charge in [0.15, 0.2) is 11.5 Å². The largest absolute Gasteiger partial charge is 0.493 e. The number of para-hydroxylation sites is 1. The van der Waals surface area contributed by atoms with Crippen LogP contribution in [-0.2, 0) is 6.54 Å². The Morgan fingerprint density at radius 3 is 2.61 bits per heavy atom. The first kappa shape index (κ1) is 21.9.